The predicted octanol–water partition coefficient (Wildman–Crippen LogP) is 3.15. The van der Waals surface area contributed by atoms with Crippen molar-refractivity contribution in [2.24, 2.45) is 0 Å². The second kappa shape index (κ2) is 6.13. The van der Waals surface area contributed by atoms with Crippen molar-refractivity contribution in [1.82, 2.24) is 5.32 Å². The van der Waals surface area contributed by atoms with E-state index in [0.717, 1.165) is 11.3 Å². The van der Waals surface area contributed by atoms with Crippen molar-refractivity contribution in [3.8, 4) is 0 Å². The highest BCUT2D eigenvalue weighted by atomic mass is 32.1. The van der Waals surface area contributed by atoms with Crippen LogP contribution in [0.1, 0.15) is 48.9 Å². The van der Waals surface area contributed by atoms with Crippen LogP contribution >= 0.6 is 11.3 Å². The molecule has 2 N–H and O–H groups in total. The van der Waals surface area contributed by atoms with E-state index in [0.29, 0.717) is 16.4 Å². The Labute approximate surface area is 126 Å². The maximum absolute atomic E-state index is 12.1. The Morgan fingerprint density at radius 2 is 2.05 bits per heavy atom. The molecule has 0 aliphatic heterocycles. The van der Waals surface area contributed by atoms with Crippen LogP contribution in [0.15, 0.2) is 16.5 Å². The normalized spacial score (nSPS) is 10.6. The fourth-order valence-electron chi connectivity index (χ4n) is 2.08. The van der Waals surface area contributed by atoms with Crippen molar-refractivity contribution in [3.05, 3.63) is 44.5 Å². The number of amides is 1. The Morgan fingerprint density at radius 1 is 1.33 bits per heavy atom. The van der Waals surface area contributed by atoms with Gasteiger partial charge in [0.1, 0.15) is 17.1 Å². The topological polar surface area (TPSA) is 79.5 Å². The molecule has 6 heteroatoms. The largest absolute Gasteiger partial charge is 0.478 e. The van der Waals surface area contributed by atoms with Crippen molar-refractivity contribution in [2.45, 2.75) is 33.7 Å². The molecular formula is C15H17NO4S. The minimum Gasteiger partial charge on any atom is -0.478 e. The number of carbonyl (C=O) groups is 2. The van der Waals surface area contributed by atoms with Gasteiger partial charge in [-0.3, -0.25) is 4.79 Å². The molecule has 0 aliphatic carbocycles. The Balaban J connectivity index is 2.03. The molecule has 21 heavy (non-hydrogen) atoms. The van der Waals surface area contributed by atoms with Gasteiger partial charge in [0.05, 0.1) is 11.4 Å². The van der Waals surface area contributed by atoms with Crippen LogP contribution in [0.2, 0.25) is 0 Å². The molecule has 0 saturated heterocycles. The molecule has 0 radical (unpaired) electrons. The van der Waals surface area contributed by atoms with E-state index in [9.17, 15) is 9.59 Å². The van der Waals surface area contributed by atoms with Gasteiger partial charge in [-0.15, -0.1) is 11.3 Å². The van der Waals surface area contributed by atoms with Crippen molar-refractivity contribution >= 4 is 23.2 Å². The molecular weight excluding hydrogens is 290 g/mol. The molecule has 0 spiro atoms. The van der Waals surface area contributed by atoms with Crippen LogP contribution in [-0.2, 0) is 13.0 Å². The Hall–Kier alpha value is -2.08. The van der Waals surface area contributed by atoms with E-state index in [2.05, 4.69) is 12.2 Å². The number of aryl methyl sites for hydroxylation is 3. The summed E-state index contributed by atoms with van der Waals surface area (Å²) in [5.74, 6) is -0.432. The average Bonchev–Trinajstić information content (AvgIpc) is 2.99. The SMILES string of the molecule is CCc1cc(C(=O)NCc2cc(C(=O)O)c(C)o2)sc1C. The van der Waals surface area contributed by atoms with E-state index in [-0.39, 0.29) is 18.0 Å². The summed E-state index contributed by atoms with van der Waals surface area (Å²) in [4.78, 5) is 24.8. The van der Waals surface area contributed by atoms with Gasteiger partial charge in [-0.1, -0.05) is 6.92 Å². The summed E-state index contributed by atoms with van der Waals surface area (Å²) < 4.78 is 5.32. The van der Waals surface area contributed by atoms with Gasteiger partial charge in [0, 0.05) is 4.88 Å². The maximum atomic E-state index is 12.1. The quantitative estimate of drug-likeness (QED) is 0.889. The van der Waals surface area contributed by atoms with E-state index in [1.807, 2.05) is 13.0 Å². The molecule has 0 fully saturated rings. The van der Waals surface area contributed by atoms with Gasteiger partial charge in [-0.25, -0.2) is 4.79 Å². The molecule has 2 rings (SSSR count). The Bertz CT molecular complexity index is 684. The van der Waals surface area contributed by atoms with Gasteiger partial charge < -0.3 is 14.8 Å². The number of hydrogen-bond donors (Lipinski definition) is 2. The minimum atomic E-state index is -1.03. The smallest absolute Gasteiger partial charge is 0.339 e. The molecule has 112 valence electrons. The highest BCUT2D eigenvalue weighted by Crippen LogP contribution is 2.22. The lowest BCUT2D eigenvalue weighted by Crippen LogP contribution is -2.21. The van der Waals surface area contributed by atoms with Crippen molar-refractivity contribution in [1.29, 1.82) is 0 Å². The van der Waals surface area contributed by atoms with Gasteiger partial charge in [0.2, 0.25) is 0 Å². The van der Waals surface area contributed by atoms with Crippen LogP contribution in [0.25, 0.3) is 0 Å². The number of hydrogen-bond acceptors (Lipinski definition) is 4. The number of rotatable bonds is 5. The molecule has 0 unspecified atom stereocenters. The number of thiophene rings is 1. The van der Waals surface area contributed by atoms with Gasteiger partial charge in [-0.05, 0) is 38.0 Å². The van der Waals surface area contributed by atoms with Gasteiger partial charge in [-0.2, -0.15) is 0 Å². The standard InChI is InChI=1S/C15H17NO4S/c1-4-10-5-13(21-9(10)3)14(17)16-7-11-6-12(15(18)19)8(2)20-11/h5-6H,4,7H2,1-3H3,(H,16,17)(H,18,19). The van der Waals surface area contributed by atoms with Crippen LogP contribution in [0, 0.1) is 13.8 Å². The first kappa shape index (κ1) is 15.3. The molecule has 0 atom stereocenters. The number of furan rings is 1. The van der Waals surface area contributed by atoms with Gasteiger partial charge in [0.15, 0.2) is 0 Å². The van der Waals surface area contributed by atoms with E-state index < -0.39 is 5.97 Å². The third-order valence-corrected chi connectivity index (χ3v) is 4.34. The second-order valence-electron chi connectivity index (χ2n) is 4.72. The molecule has 2 aromatic rings. The number of carboxylic acids is 1. The minimum absolute atomic E-state index is 0.125. The number of nitrogens with one attached hydrogen (secondary N) is 1. The first-order chi connectivity index (χ1) is 9.92. The zero-order valence-corrected chi connectivity index (χ0v) is 13.0. The summed E-state index contributed by atoms with van der Waals surface area (Å²) in [7, 11) is 0. The van der Waals surface area contributed by atoms with E-state index >= 15 is 0 Å². The second-order valence-corrected chi connectivity index (χ2v) is 5.97. The van der Waals surface area contributed by atoms with Crippen LogP contribution in [0.4, 0.5) is 0 Å². The van der Waals surface area contributed by atoms with Gasteiger partial charge >= 0.3 is 5.97 Å². The molecule has 0 aliphatic rings. The molecule has 0 bridgehead atoms. The molecule has 0 saturated carbocycles. The zero-order valence-electron chi connectivity index (χ0n) is 12.1. The lowest BCUT2D eigenvalue weighted by molar-refractivity contribution is 0.0694. The fourth-order valence-corrected chi connectivity index (χ4v) is 3.11. The molecule has 0 aromatic carbocycles. The fraction of sp³-hybridized carbons (Fsp3) is 0.333. The average molecular weight is 307 g/mol. The number of carbonyl (C=O) groups excluding carboxylic acids is 1. The van der Waals surface area contributed by atoms with Crippen molar-refractivity contribution in [3.63, 3.8) is 0 Å². The summed E-state index contributed by atoms with van der Waals surface area (Å²) in [5, 5.41) is 11.7. The number of carboxylic acid groups (broad SMARTS) is 1. The molecule has 2 heterocycles. The molecule has 1 amide bonds. The third kappa shape index (κ3) is 3.33. The number of aromatic carboxylic acids is 1. The Morgan fingerprint density at radius 3 is 2.57 bits per heavy atom. The Kier molecular flexibility index (Phi) is 4.47. The summed E-state index contributed by atoms with van der Waals surface area (Å²) in [5.41, 5.74) is 1.30. The van der Waals surface area contributed by atoms with Crippen LogP contribution in [-0.4, -0.2) is 17.0 Å². The van der Waals surface area contributed by atoms with E-state index in [1.165, 1.54) is 23.0 Å². The van der Waals surface area contributed by atoms with E-state index in [1.54, 1.807) is 6.92 Å². The third-order valence-electron chi connectivity index (χ3n) is 3.25. The van der Waals surface area contributed by atoms with E-state index in [4.69, 9.17) is 9.52 Å². The monoisotopic (exact) mass is 307 g/mol. The van der Waals surface area contributed by atoms with Crippen LogP contribution < -0.4 is 5.32 Å². The van der Waals surface area contributed by atoms with Crippen LogP contribution in [0.3, 0.4) is 0 Å². The molecule has 2 aromatic heterocycles. The summed E-state index contributed by atoms with van der Waals surface area (Å²) in [6.45, 7) is 5.81. The first-order valence-corrected chi connectivity index (χ1v) is 7.44. The van der Waals surface area contributed by atoms with Crippen molar-refractivity contribution in [2.75, 3.05) is 0 Å². The van der Waals surface area contributed by atoms with Crippen molar-refractivity contribution < 1.29 is 19.1 Å². The van der Waals surface area contributed by atoms with Gasteiger partial charge in [0.25, 0.3) is 5.91 Å². The predicted molar refractivity (Wildman–Crippen MR) is 80.0 cm³/mol. The summed E-state index contributed by atoms with van der Waals surface area (Å²) in [6, 6.07) is 3.33. The lowest BCUT2D eigenvalue weighted by Gasteiger charge is -2.00. The zero-order chi connectivity index (χ0) is 15.6. The first-order valence-electron chi connectivity index (χ1n) is 6.62. The maximum Gasteiger partial charge on any atom is 0.339 e. The molecule has 5 nitrogen and oxygen atoms in total. The highest BCUT2D eigenvalue weighted by molar-refractivity contribution is 7.14. The lowest BCUT2D eigenvalue weighted by atomic mass is 10.2. The highest BCUT2D eigenvalue weighted by Gasteiger charge is 2.15. The summed E-state index contributed by atoms with van der Waals surface area (Å²) in [6.07, 6.45) is 0.898. The summed E-state index contributed by atoms with van der Waals surface area (Å²) >= 11 is 1.46. The van der Waals surface area contributed by atoms with Crippen LogP contribution in [0.5, 0.6) is 0 Å².